The van der Waals surface area contributed by atoms with Crippen LogP contribution in [0.2, 0.25) is 0 Å². The van der Waals surface area contributed by atoms with E-state index in [4.69, 9.17) is 0 Å². The molecule has 2 rings (SSSR count). The van der Waals surface area contributed by atoms with Crippen LogP contribution in [0.3, 0.4) is 0 Å². The lowest BCUT2D eigenvalue weighted by atomic mass is 9.90. The van der Waals surface area contributed by atoms with E-state index in [1.165, 1.54) is 11.0 Å². The first-order chi connectivity index (χ1) is 9.81. The molecule has 1 heterocycles. The molecule has 1 aromatic rings. The highest BCUT2D eigenvalue weighted by molar-refractivity contribution is 5.99. The molecule has 4 nitrogen and oxygen atoms in total. The van der Waals surface area contributed by atoms with Crippen LogP contribution in [0.25, 0.3) is 0 Å². The van der Waals surface area contributed by atoms with E-state index in [-0.39, 0.29) is 23.9 Å². The largest absolute Gasteiger partial charge is 0.343 e. The van der Waals surface area contributed by atoms with E-state index in [0.717, 1.165) is 12.1 Å². The van der Waals surface area contributed by atoms with Crippen molar-refractivity contribution in [2.75, 3.05) is 0 Å². The maximum atomic E-state index is 13.8. The van der Waals surface area contributed by atoms with Gasteiger partial charge in [0.05, 0.1) is 6.54 Å². The molecule has 0 spiro atoms. The second kappa shape index (κ2) is 5.42. The number of benzene rings is 1. The van der Waals surface area contributed by atoms with Gasteiger partial charge in [0.15, 0.2) is 0 Å². The molecule has 1 N–H and O–H groups in total. The average molecular weight is 296 g/mol. The summed E-state index contributed by atoms with van der Waals surface area (Å²) in [4.78, 5) is 25.8. The fourth-order valence-electron chi connectivity index (χ4n) is 2.46. The van der Waals surface area contributed by atoms with Gasteiger partial charge in [-0.15, -0.1) is 0 Å². The van der Waals surface area contributed by atoms with Gasteiger partial charge in [0.25, 0.3) is 0 Å². The topological polar surface area (TPSA) is 49.4 Å². The predicted molar refractivity (Wildman–Crippen MR) is 73.2 cm³/mol. The van der Waals surface area contributed by atoms with Crippen molar-refractivity contribution in [1.82, 2.24) is 10.2 Å². The van der Waals surface area contributed by atoms with Crippen molar-refractivity contribution >= 4 is 11.8 Å². The van der Waals surface area contributed by atoms with Crippen LogP contribution in [0, 0.1) is 11.6 Å². The number of carbonyl (C=O) groups excluding carboxylic acids is 2. The number of amides is 2. The van der Waals surface area contributed by atoms with Crippen LogP contribution in [0.4, 0.5) is 8.78 Å². The molecular weight excluding hydrogens is 278 g/mol. The van der Waals surface area contributed by atoms with Crippen LogP contribution in [0.1, 0.15) is 32.8 Å². The van der Waals surface area contributed by atoms with Gasteiger partial charge in [-0.25, -0.2) is 8.78 Å². The first-order valence-corrected chi connectivity index (χ1v) is 6.86. The van der Waals surface area contributed by atoms with Crippen molar-refractivity contribution < 1.29 is 18.4 Å². The minimum atomic E-state index is -1.11. The summed E-state index contributed by atoms with van der Waals surface area (Å²) in [6, 6.07) is 2.84. The van der Waals surface area contributed by atoms with Gasteiger partial charge in [-0.2, -0.15) is 0 Å². The highest BCUT2D eigenvalue weighted by atomic mass is 19.1. The highest BCUT2D eigenvalue weighted by Crippen LogP contribution is 2.28. The van der Waals surface area contributed by atoms with Crippen molar-refractivity contribution in [1.29, 1.82) is 0 Å². The van der Waals surface area contributed by atoms with E-state index < -0.39 is 23.2 Å². The second-order valence-electron chi connectivity index (χ2n) is 5.45. The molecule has 21 heavy (non-hydrogen) atoms. The zero-order valence-corrected chi connectivity index (χ0v) is 12.2. The van der Waals surface area contributed by atoms with E-state index in [0.29, 0.717) is 6.42 Å². The van der Waals surface area contributed by atoms with Crippen molar-refractivity contribution in [3.8, 4) is 0 Å². The van der Waals surface area contributed by atoms with E-state index >= 15 is 0 Å². The Morgan fingerprint density at radius 1 is 1.29 bits per heavy atom. The fraction of sp³-hybridized carbons (Fsp3) is 0.467. The Balaban J connectivity index is 2.43. The van der Waals surface area contributed by atoms with Crippen LogP contribution < -0.4 is 5.32 Å². The third kappa shape index (κ3) is 2.50. The summed E-state index contributed by atoms with van der Waals surface area (Å²) in [7, 11) is 0. The molecule has 0 aromatic heterocycles. The number of piperazine rings is 1. The first kappa shape index (κ1) is 15.4. The Labute approximate surface area is 122 Å². The molecule has 2 atom stereocenters. The summed E-state index contributed by atoms with van der Waals surface area (Å²) >= 11 is 0. The summed E-state index contributed by atoms with van der Waals surface area (Å²) in [6.07, 6.45) is 0.355. The molecule has 1 aliphatic rings. The van der Waals surface area contributed by atoms with Gasteiger partial charge in [0.1, 0.15) is 23.2 Å². The van der Waals surface area contributed by atoms with Crippen LogP contribution in [-0.4, -0.2) is 28.3 Å². The number of nitrogens with one attached hydrogen (secondary N) is 1. The predicted octanol–water partition coefficient (Wildman–Crippen LogP) is 1.98. The summed E-state index contributed by atoms with van der Waals surface area (Å²) in [5.41, 5.74) is -1.31. The number of carbonyl (C=O) groups is 2. The quantitative estimate of drug-likeness (QED) is 0.927. The fourth-order valence-corrected chi connectivity index (χ4v) is 2.46. The number of rotatable bonds is 3. The van der Waals surface area contributed by atoms with Gasteiger partial charge in [-0.05, 0) is 32.4 Å². The van der Waals surface area contributed by atoms with Gasteiger partial charge in [0, 0.05) is 5.56 Å². The molecule has 6 heteroatoms. The van der Waals surface area contributed by atoms with Gasteiger partial charge in [0.2, 0.25) is 11.8 Å². The molecule has 0 aliphatic carbocycles. The van der Waals surface area contributed by atoms with Crippen LogP contribution in [0.5, 0.6) is 0 Å². The SMILES string of the molecule is CCC1(C)C(=O)NC(C)C(=O)N1Cc1c(F)cccc1F. The molecule has 2 amide bonds. The van der Waals surface area contributed by atoms with Crippen molar-refractivity contribution in [3.05, 3.63) is 35.4 Å². The smallest absolute Gasteiger partial charge is 0.246 e. The lowest BCUT2D eigenvalue weighted by molar-refractivity contribution is -0.157. The van der Waals surface area contributed by atoms with Crippen molar-refractivity contribution in [3.63, 3.8) is 0 Å². The highest BCUT2D eigenvalue weighted by Gasteiger charge is 2.47. The van der Waals surface area contributed by atoms with Gasteiger partial charge < -0.3 is 10.2 Å². The lowest BCUT2D eigenvalue weighted by Gasteiger charge is -2.45. The minimum absolute atomic E-state index is 0.201. The van der Waals surface area contributed by atoms with E-state index in [9.17, 15) is 18.4 Å². The van der Waals surface area contributed by atoms with Gasteiger partial charge >= 0.3 is 0 Å². The maximum absolute atomic E-state index is 13.8. The molecule has 0 radical (unpaired) electrons. The Morgan fingerprint density at radius 2 is 1.86 bits per heavy atom. The minimum Gasteiger partial charge on any atom is -0.343 e. The number of nitrogens with zero attached hydrogens (tertiary/aromatic N) is 1. The maximum Gasteiger partial charge on any atom is 0.246 e. The van der Waals surface area contributed by atoms with E-state index in [1.807, 2.05) is 0 Å². The molecule has 0 saturated carbocycles. The molecule has 0 bridgehead atoms. The number of hydrogen-bond donors (Lipinski definition) is 1. The van der Waals surface area contributed by atoms with Crippen molar-refractivity contribution in [2.24, 2.45) is 0 Å². The molecular formula is C15H18F2N2O2. The molecule has 2 unspecified atom stereocenters. The summed E-state index contributed by atoms with van der Waals surface area (Å²) in [6.45, 7) is 4.65. The molecule has 114 valence electrons. The normalized spacial score (nSPS) is 26.0. The third-order valence-electron chi connectivity index (χ3n) is 4.14. The molecule has 1 aromatic carbocycles. The molecule has 1 aliphatic heterocycles. The average Bonchev–Trinajstić information content (AvgIpc) is 2.44. The van der Waals surface area contributed by atoms with E-state index in [2.05, 4.69) is 5.32 Å². The standard InChI is InChI=1S/C15H18F2N2O2/c1-4-15(3)14(21)18-9(2)13(20)19(15)8-10-11(16)6-5-7-12(10)17/h5-7,9H,4,8H2,1-3H3,(H,18,21). The summed E-state index contributed by atoms with van der Waals surface area (Å²) in [5.74, 6) is -2.10. The Kier molecular flexibility index (Phi) is 3.98. The van der Waals surface area contributed by atoms with Crippen LogP contribution >= 0.6 is 0 Å². The molecule has 1 fully saturated rings. The Morgan fingerprint density at radius 3 is 2.38 bits per heavy atom. The monoisotopic (exact) mass is 296 g/mol. The lowest BCUT2D eigenvalue weighted by Crippen LogP contribution is -2.68. The number of halogens is 2. The van der Waals surface area contributed by atoms with Gasteiger partial charge in [-0.3, -0.25) is 9.59 Å². The van der Waals surface area contributed by atoms with Crippen LogP contribution in [-0.2, 0) is 16.1 Å². The van der Waals surface area contributed by atoms with Crippen molar-refractivity contribution in [2.45, 2.75) is 45.3 Å². The summed E-state index contributed by atoms with van der Waals surface area (Å²) < 4.78 is 27.6. The second-order valence-corrected chi connectivity index (χ2v) is 5.45. The van der Waals surface area contributed by atoms with E-state index in [1.54, 1.807) is 20.8 Å². The summed E-state index contributed by atoms with van der Waals surface area (Å²) in [5, 5.41) is 2.60. The Bertz CT molecular complexity index is 571. The molecule has 1 saturated heterocycles. The Hall–Kier alpha value is -1.98. The zero-order valence-electron chi connectivity index (χ0n) is 12.2. The van der Waals surface area contributed by atoms with Gasteiger partial charge in [-0.1, -0.05) is 13.0 Å². The first-order valence-electron chi connectivity index (χ1n) is 6.86. The third-order valence-corrected chi connectivity index (χ3v) is 4.14. The zero-order chi connectivity index (χ0) is 15.8. The van der Waals surface area contributed by atoms with Crippen LogP contribution in [0.15, 0.2) is 18.2 Å². The number of hydrogen-bond acceptors (Lipinski definition) is 2.